The van der Waals surface area contributed by atoms with E-state index in [-0.39, 0.29) is 33.4 Å². The smallest absolute Gasteiger partial charge is 0.252 e. The standard InChI is InChI=1S/C14H25N3O5S4.ClH/c1-3-16-12-10-17(5-4-7-23-8-6-22-2)26(20,21)14-11(12)9-13(24-14)25(15,18)19;/h9,12,16H,3-8,10H2,1-2H3,(H2,15,18,19);1H. The van der Waals surface area contributed by atoms with Crippen LogP contribution in [0.3, 0.4) is 0 Å². The number of thiophene rings is 1. The molecule has 0 saturated heterocycles. The van der Waals surface area contributed by atoms with Gasteiger partial charge in [0.2, 0.25) is 10.0 Å². The molecule has 0 saturated carbocycles. The molecule has 1 aromatic rings. The van der Waals surface area contributed by atoms with Crippen LogP contribution >= 0.6 is 35.5 Å². The number of hydrogen-bond acceptors (Lipinski definition) is 8. The number of hydrogen-bond donors (Lipinski definition) is 2. The third kappa shape index (κ3) is 6.28. The molecule has 1 aliphatic rings. The average Bonchev–Trinajstić information content (AvgIpc) is 3.02. The zero-order chi connectivity index (χ0) is 19.4. The quantitative estimate of drug-likeness (QED) is 0.484. The highest BCUT2D eigenvalue weighted by Gasteiger charge is 2.39. The number of likely N-dealkylation sites (N-methyl/N-ethyl adjacent to an activating group) is 1. The Labute approximate surface area is 175 Å². The minimum absolute atomic E-state index is 0. The highest BCUT2D eigenvalue weighted by Crippen LogP contribution is 2.39. The highest BCUT2D eigenvalue weighted by molar-refractivity contribution is 7.99. The van der Waals surface area contributed by atoms with Crippen LogP contribution in [-0.4, -0.2) is 66.0 Å². The summed E-state index contributed by atoms with van der Waals surface area (Å²) in [7, 11) is -6.00. The Morgan fingerprint density at radius 1 is 1.44 bits per heavy atom. The van der Waals surface area contributed by atoms with E-state index in [1.54, 1.807) is 18.9 Å². The van der Waals surface area contributed by atoms with Gasteiger partial charge in [0.25, 0.3) is 10.0 Å². The maximum absolute atomic E-state index is 12.9. The summed E-state index contributed by atoms with van der Waals surface area (Å²) in [5.41, 5.74) is 0.492. The second-order valence-electron chi connectivity index (χ2n) is 5.79. The number of sulfonamides is 2. The molecule has 2 rings (SSSR count). The van der Waals surface area contributed by atoms with Gasteiger partial charge in [-0.1, -0.05) is 6.92 Å². The summed E-state index contributed by atoms with van der Waals surface area (Å²) in [6, 6.07) is 1.14. The average molecular weight is 480 g/mol. The van der Waals surface area contributed by atoms with E-state index in [1.807, 2.05) is 6.92 Å². The predicted molar refractivity (Wildman–Crippen MR) is 112 cm³/mol. The normalized spacial score (nSPS) is 19.4. The van der Waals surface area contributed by atoms with Gasteiger partial charge in [-0.3, -0.25) is 0 Å². The lowest BCUT2D eigenvalue weighted by atomic mass is 10.1. The number of thioether (sulfide) groups is 1. The molecule has 0 aromatic carbocycles. The number of nitrogens with zero attached hydrogens (tertiary/aromatic N) is 1. The largest absolute Gasteiger partial charge is 0.384 e. The van der Waals surface area contributed by atoms with Crippen molar-refractivity contribution >= 4 is 55.6 Å². The molecule has 158 valence electrons. The highest BCUT2D eigenvalue weighted by atomic mass is 35.5. The van der Waals surface area contributed by atoms with Gasteiger partial charge < -0.3 is 10.1 Å². The van der Waals surface area contributed by atoms with Crippen LogP contribution in [0.25, 0.3) is 0 Å². The molecule has 0 fully saturated rings. The molecule has 1 atom stereocenters. The molecule has 0 amide bonds. The van der Waals surface area contributed by atoms with Crippen molar-refractivity contribution in [2.45, 2.75) is 27.8 Å². The van der Waals surface area contributed by atoms with Gasteiger partial charge in [-0.05, 0) is 24.8 Å². The van der Waals surface area contributed by atoms with Crippen molar-refractivity contribution < 1.29 is 21.6 Å². The Bertz CT molecular complexity index is 813. The number of halogens is 1. The molecule has 0 aliphatic carbocycles. The topological polar surface area (TPSA) is 119 Å². The molecule has 2 heterocycles. The summed E-state index contributed by atoms with van der Waals surface area (Å²) in [4.78, 5) is 0. The van der Waals surface area contributed by atoms with Crippen molar-refractivity contribution in [1.29, 1.82) is 0 Å². The summed E-state index contributed by atoms with van der Waals surface area (Å²) in [5.74, 6) is 1.71. The monoisotopic (exact) mass is 479 g/mol. The predicted octanol–water partition coefficient (Wildman–Crippen LogP) is 1.24. The Morgan fingerprint density at radius 2 is 2.15 bits per heavy atom. The fourth-order valence-corrected chi connectivity index (χ4v) is 7.82. The van der Waals surface area contributed by atoms with E-state index in [0.717, 1.165) is 29.3 Å². The summed E-state index contributed by atoms with van der Waals surface area (Å²) in [6.45, 7) is 3.92. The third-order valence-electron chi connectivity index (χ3n) is 3.90. The molecule has 1 aliphatic heterocycles. The van der Waals surface area contributed by atoms with Crippen LogP contribution in [0.1, 0.15) is 24.9 Å². The van der Waals surface area contributed by atoms with E-state index < -0.39 is 20.0 Å². The summed E-state index contributed by atoms with van der Waals surface area (Å²) < 4.78 is 55.5. The molecule has 1 unspecified atom stereocenters. The first-order valence-electron chi connectivity index (χ1n) is 8.18. The van der Waals surface area contributed by atoms with Crippen molar-refractivity contribution in [2.75, 3.05) is 44.9 Å². The van der Waals surface area contributed by atoms with E-state index >= 15 is 0 Å². The van der Waals surface area contributed by atoms with Crippen molar-refractivity contribution in [3.05, 3.63) is 11.6 Å². The Balaban J connectivity index is 0.00000364. The molecule has 3 N–H and O–H groups in total. The zero-order valence-corrected chi connectivity index (χ0v) is 19.3. The van der Waals surface area contributed by atoms with E-state index in [9.17, 15) is 16.8 Å². The molecule has 27 heavy (non-hydrogen) atoms. The van der Waals surface area contributed by atoms with Crippen LogP contribution in [0, 0.1) is 0 Å². The lowest BCUT2D eigenvalue weighted by Crippen LogP contribution is -2.43. The zero-order valence-electron chi connectivity index (χ0n) is 15.2. The van der Waals surface area contributed by atoms with E-state index in [2.05, 4.69) is 5.32 Å². The van der Waals surface area contributed by atoms with Gasteiger partial charge in [0.1, 0.15) is 8.42 Å². The van der Waals surface area contributed by atoms with E-state index in [0.29, 0.717) is 25.3 Å². The molecule has 8 nitrogen and oxygen atoms in total. The lowest BCUT2D eigenvalue weighted by molar-refractivity contribution is 0.218. The number of nitrogens with one attached hydrogen (secondary N) is 1. The fourth-order valence-electron chi connectivity index (χ4n) is 2.69. The van der Waals surface area contributed by atoms with Gasteiger partial charge in [0, 0.05) is 37.6 Å². The van der Waals surface area contributed by atoms with Crippen molar-refractivity contribution in [3.63, 3.8) is 0 Å². The first-order valence-corrected chi connectivity index (χ1v) is 13.1. The number of fused-ring (bicyclic) bond motifs is 1. The SMILES string of the molecule is CCNC1CN(CCCSCCOC)S(=O)(=O)c2sc(S(N)(=O)=O)cc21.Cl. The summed E-state index contributed by atoms with van der Waals surface area (Å²) in [6.07, 6.45) is 0.717. The summed E-state index contributed by atoms with van der Waals surface area (Å²) >= 11 is 2.44. The number of primary sulfonamides is 1. The van der Waals surface area contributed by atoms with Gasteiger partial charge in [0.05, 0.1) is 6.61 Å². The van der Waals surface area contributed by atoms with Crippen LogP contribution in [0.2, 0.25) is 0 Å². The molecule has 0 radical (unpaired) electrons. The molecular formula is C14H26ClN3O5S4. The fraction of sp³-hybridized carbons (Fsp3) is 0.714. The van der Waals surface area contributed by atoms with Crippen molar-refractivity contribution in [3.8, 4) is 0 Å². The molecule has 1 aromatic heterocycles. The number of nitrogens with two attached hydrogens (primary N) is 1. The molecule has 13 heteroatoms. The maximum Gasteiger partial charge on any atom is 0.252 e. The van der Waals surface area contributed by atoms with Crippen molar-refractivity contribution in [1.82, 2.24) is 9.62 Å². The molecular weight excluding hydrogens is 454 g/mol. The Kier molecular flexibility index (Phi) is 9.99. The van der Waals surface area contributed by atoms with Crippen molar-refractivity contribution in [2.24, 2.45) is 5.14 Å². The third-order valence-corrected chi connectivity index (χ3v) is 9.89. The molecule has 0 spiro atoms. The van der Waals surface area contributed by atoms with Gasteiger partial charge in [0.15, 0.2) is 0 Å². The van der Waals surface area contributed by atoms with Crippen LogP contribution in [0.4, 0.5) is 0 Å². The van der Waals surface area contributed by atoms with Crippen LogP contribution in [0.5, 0.6) is 0 Å². The first kappa shape index (κ1) is 25.1. The maximum atomic E-state index is 12.9. The van der Waals surface area contributed by atoms with Gasteiger partial charge in [-0.25, -0.2) is 22.0 Å². The number of ether oxygens (including phenoxy) is 1. The Hall–Kier alpha value is 0.0800. The second kappa shape index (κ2) is 10.7. The minimum Gasteiger partial charge on any atom is -0.384 e. The van der Waals surface area contributed by atoms with Gasteiger partial charge >= 0.3 is 0 Å². The van der Waals surface area contributed by atoms with Gasteiger partial charge in [-0.2, -0.15) is 16.1 Å². The minimum atomic E-state index is -3.94. The number of rotatable bonds is 10. The van der Waals surface area contributed by atoms with E-state index in [1.165, 1.54) is 10.4 Å². The van der Waals surface area contributed by atoms with Crippen LogP contribution < -0.4 is 10.5 Å². The number of methoxy groups -OCH3 is 1. The van der Waals surface area contributed by atoms with E-state index in [4.69, 9.17) is 9.88 Å². The first-order chi connectivity index (χ1) is 12.2. The van der Waals surface area contributed by atoms with Crippen LogP contribution in [0.15, 0.2) is 14.5 Å². The second-order valence-corrected chi connectivity index (χ2v) is 12.0. The molecule has 0 bridgehead atoms. The summed E-state index contributed by atoms with van der Waals surface area (Å²) in [5, 5.41) is 8.43. The van der Waals surface area contributed by atoms with Gasteiger partial charge in [-0.15, -0.1) is 23.7 Å². The van der Waals surface area contributed by atoms with Crippen LogP contribution in [-0.2, 0) is 24.8 Å². The Morgan fingerprint density at radius 3 is 2.74 bits per heavy atom. The lowest BCUT2D eigenvalue weighted by Gasteiger charge is -2.32.